The largest absolute Gasteiger partial charge is 0.493 e. The number of fused-ring (bicyclic) bond motifs is 5. The Morgan fingerprint density at radius 2 is 1.95 bits per heavy atom. The number of rotatable bonds is 4. The fraction of sp³-hybridized carbons (Fsp3) is 0.448. The zero-order valence-electron chi connectivity index (χ0n) is 21.7. The van der Waals surface area contributed by atoms with Gasteiger partial charge >= 0.3 is 0 Å². The lowest BCUT2D eigenvalue weighted by atomic mass is 9.77. The molecule has 2 aromatic heterocycles. The number of halogens is 1. The Labute approximate surface area is 222 Å². The summed E-state index contributed by atoms with van der Waals surface area (Å²) in [6, 6.07) is 2.49. The Bertz CT molecular complexity index is 1710. The lowest BCUT2D eigenvalue weighted by Crippen LogP contribution is -2.43. The zero-order valence-corrected chi connectivity index (χ0v) is 21.7. The first kappa shape index (κ1) is 24.4. The van der Waals surface area contributed by atoms with Crippen LogP contribution in [0.25, 0.3) is 22.3 Å². The first-order valence-corrected chi connectivity index (χ1v) is 13.4. The van der Waals surface area contributed by atoms with E-state index in [0.29, 0.717) is 64.7 Å². The van der Waals surface area contributed by atoms with Crippen molar-refractivity contribution in [3.05, 3.63) is 56.1 Å². The number of amides is 1. The lowest BCUT2D eigenvalue weighted by Gasteiger charge is -2.32. The van der Waals surface area contributed by atoms with Crippen molar-refractivity contribution in [1.82, 2.24) is 14.9 Å². The van der Waals surface area contributed by atoms with Crippen molar-refractivity contribution in [2.24, 2.45) is 0 Å². The van der Waals surface area contributed by atoms with Gasteiger partial charge in [0.15, 0.2) is 17.3 Å². The van der Waals surface area contributed by atoms with Gasteiger partial charge in [-0.25, -0.2) is 9.37 Å². The summed E-state index contributed by atoms with van der Waals surface area (Å²) in [5.74, 6) is -1.19. The van der Waals surface area contributed by atoms with Crippen LogP contribution in [-0.4, -0.2) is 44.2 Å². The molecule has 1 fully saturated rings. The zero-order chi connectivity index (χ0) is 27.4. The number of hydrogen-bond acceptors (Lipinski definition) is 7. The SMILES string of the molecule is CC[C@@]1(O)C(=O)CCc2c1cc1n(c2=O)Cc2c-1nc1cc(F)c(OC)c3c1c2C(NC(=O)C1(O)CC1)CC3. The highest BCUT2D eigenvalue weighted by Gasteiger charge is 2.49. The number of carbonyl (C=O) groups is 2. The van der Waals surface area contributed by atoms with Gasteiger partial charge in [-0.05, 0) is 50.2 Å². The summed E-state index contributed by atoms with van der Waals surface area (Å²) in [6.07, 6.45) is 2.15. The van der Waals surface area contributed by atoms with Gasteiger partial charge in [-0.15, -0.1) is 0 Å². The van der Waals surface area contributed by atoms with Crippen LogP contribution in [0.5, 0.6) is 5.75 Å². The smallest absolute Gasteiger partial charge is 0.254 e. The molecule has 3 aliphatic carbocycles. The van der Waals surface area contributed by atoms with E-state index in [2.05, 4.69) is 5.32 Å². The molecule has 0 radical (unpaired) electrons. The molecule has 0 saturated heterocycles. The van der Waals surface area contributed by atoms with Crippen LogP contribution >= 0.6 is 0 Å². The molecule has 1 aromatic carbocycles. The van der Waals surface area contributed by atoms with Crippen LogP contribution in [0.15, 0.2) is 16.9 Å². The van der Waals surface area contributed by atoms with Crippen LogP contribution in [0.4, 0.5) is 4.39 Å². The molecule has 39 heavy (non-hydrogen) atoms. The molecular formula is C29H28FN3O6. The number of benzene rings is 1. The number of aryl methyl sites for hydroxylation is 1. The molecule has 202 valence electrons. The van der Waals surface area contributed by atoms with Crippen molar-refractivity contribution in [3.63, 3.8) is 0 Å². The van der Waals surface area contributed by atoms with E-state index in [4.69, 9.17) is 9.72 Å². The molecular weight excluding hydrogens is 505 g/mol. The Morgan fingerprint density at radius 1 is 1.18 bits per heavy atom. The molecule has 3 heterocycles. The molecule has 9 nitrogen and oxygen atoms in total. The Hall–Kier alpha value is -3.63. The first-order valence-electron chi connectivity index (χ1n) is 13.4. The molecule has 4 aliphatic rings. The number of hydrogen-bond donors (Lipinski definition) is 3. The third-order valence-electron chi connectivity index (χ3n) is 9.09. The monoisotopic (exact) mass is 533 g/mol. The summed E-state index contributed by atoms with van der Waals surface area (Å²) in [6.45, 7) is 1.89. The Morgan fingerprint density at radius 3 is 2.64 bits per heavy atom. The Balaban J connectivity index is 1.49. The summed E-state index contributed by atoms with van der Waals surface area (Å²) in [7, 11) is 1.41. The summed E-state index contributed by atoms with van der Waals surface area (Å²) < 4.78 is 22.1. The minimum absolute atomic E-state index is 0.0890. The van der Waals surface area contributed by atoms with Crippen molar-refractivity contribution in [2.45, 2.75) is 75.7 Å². The molecule has 3 aromatic rings. The highest BCUT2D eigenvalue weighted by molar-refractivity contribution is 5.96. The van der Waals surface area contributed by atoms with E-state index < -0.39 is 29.0 Å². The van der Waals surface area contributed by atoms with Gasteiger partial charge in [-0.3, -0.25) is 14.4 Å². The number of methoxy groups -OCH3 is 1. The minimum Gasteiger partial charge on any atom is -0.493 e. The lowest BCUT2D eigenvalue weighted by molar-refractivity contribution is -0.140. The van der Waals surface area contributed by atoms with Gasteiger partial charge in [-0.2, -0.15) is 0 Å². The van der Waals surface area contributed by atoms with E-state index in [1.807, 2.05) is 0 Å². The minimum atomic E-state index is -1.75. The van der Waals surface area contributed by atoms with Crippen LogP contribution in [0.1, 0.15) is 72.9 Å². The third kappa shape index (κ3) is 3.18. The van der Waals surface area contributed by atoms with E-state index in [9.17, 15) is 24.6 Å². The molecule has 2 atom stereocenters. The van der Waals surface area contributed by atoms with Gasteiger partial charge in [0.05, 0.1) is 36.6 Å². The highest BCUT2D eigenvalue weighted by atomic mass is 19.1. The first-order chi connectivity index (χ1) is 18.6. The highest BCUT2D eigenvalue weighted by Crippen LogP contribution is 2.48. The van der Waals surface area contributed by atoms with E-state index in [1.54, 1.807) is 17.6 Å². The van der Waals surface area contributed by atoms with Crippen LogP contribution in [0.3, 0.4) is 0 Å². The number of Topliss-reactive ketones (excluding diaryl/α,β-unsaturated/α-hetero) is 1. The van der Waals surface area contributed by atoms with Crippen molar-refractivity contribution < 1.29 is 28.9 Å². The van der Waals surface area contributed by atoms with Crippen LogP contribution in [-0.2, 0) is 34.6 Å². The number of nitrogens with zero attached hydrogens (tertiary/aromatic N) is 2. The van der Waals surface area contributed by atoms with Crippen molar-refractivity contribution in [1.29, 1.82) is 0 Å². The van der Waals surface area contributed by atoms with Gasteiger partial charge in [0.2, 0.25) is 0 Å². The number of ketones is 1. The number of nitrogens with one attached hydrogen (secondary N) is 1. The standard InChI is InChI=1S/C29H28FN3O6/c1-3-29(38)16-10-20-24-15(12-33(20)26(35)13(16)5-7-21(29)34)23-18(32-27(36)28(37)8-9-28)6-4-14-22(23)19(31-24)11-17(30)25(14)39-2/h10-11,18,37-38H,3-9,12H2,1-2H3,(H,32,36)/t18?,29-/m0/s1. The molecule has 7 rings (SSSR count). The summed E-state index contributed by atoms with van der Waals surface area (Å²) >= 11 is 0. The fourth-order valence-electron chi connectivity index (χ4n) is 6.75. The second kappa shape index (κ2) is 7.95. The number of aliphatic hydroxyl groups is 2. The maximum atomic E-state index is 15.1. The van der Waals surface area contributed by atoms with Crippen LogP contribution < -0.4 is 15.6 Å². The predicted octanol–water partition coefficient (Wildman–Crippen LogP) is 2.31. The number of pyridine rings is 2. The molecule has 10 heteroatoms. The summed E-state index contributed by atoms with van der Waals surface area (Å²) in [4.78, 5) is 44.2. The van der Waals surface area contributed by atoms with Crippen molar-refractivity contribution >= 4 is 22.6 Å². The Kier molecular flexibility index (Phi) is 4.98. The van der Waals surface area contributed by atoms with E-state index >= 15 is 4.39 Å². The van der Waals surface area contributed by atoms with Gasteiger partial charge in [0.25, 0.3) is 11.5 Å². The van der Waals surface area contributed by atoms with Crippen LogP contribution in [0.2, 0.25) is 0 Å². The predicted molar refractivity (Wildman–Crippen MR) is 138 cm³/mol. The molecule has 1 amide bonds. The topological polar surface area (TPSA) is 131 Å². The molecule has 1 unspecified atom stereocenters. The molecule has 0 spiro atoms. The third-order valence-corrected chi connectivity index (χ3v) is 9.09. The molecule has 0 bridgehead atoms. The van der Waals surface area contributed by atoms with Crippen molar-refractivity contribution in [2.75, 3.05) is 7.11 Å². The number of carbonyl (C=O) groups excluding carboxylic acids is 2. The quantitative estimate of drug-likeness (QED) is 0.367. The number of ether oxygens (including phenoxy) is 1. The average Bonchev–Trinajstić information content (AvgIpc) is 3.57. The van der Waals surface area contributed by atoms with Gasteiger partial charge in [-0.1, -0.05) is 6.92 Å². The van der Waals surface area contributed by atoms with Crippen LogP contribution in [0, 0.1) is 5.82 Å². The van der Waals surface area contributed by atoms with E-state index in [1.165, 1.54) is 13.2 Å². The second-order valence-corrected chi connectivity index (χ2v) is 11.2. The summed E-state index contributed by atoms with van der Waals surface area (Å²) in [5.41, 5.74) is 0.689. The maximum absolute atomic E-state index is 15.1. The average molecular weight is 534 g/mol. The molecule has 1 aliphatic heterocycles. The fourth-order valence-corrected chi connectivity index (χ4v) is 6.75. The molecule has 3 N–H and O–H groups in total. The second-order valence-electron chi connectivity index (χ2n) is 11.2. The number of aromatic nitrogens is 2. The van der Waals surface area contributed by atoms with E-state index in [-0.39, 0.29) is 42.9 Å². The summed E-state index contributed by atoms with van der Waals surface area (Å²) in [5, 5.41) is 25.4. The van der Waals surface area contributed by atoms with Gasteiger partial charge in [0, 0.05) is 40.1 Å². The van der Waals surface area contributed by atoms with Gasteiger partial charge in [0.1, 0.15) is 11.2 Å². The van der Waals surface area contributed by atoms with Gasteiger partial charge < -0.3 is 24.8 Å². The van der Waals surface area contributed by atoms with Crippen molar-refractivity contribution in [3.8, 4) is 17.1 Å². The maximum Gasteiger partial charge on any atom is 0.254 e. The molecule has 1 saturated carbocycles. The van der Waals surface area contributed by atoms with E-state index in [0.717, 1.165) is 11.1 Å². The normalized spacial score (nSPS) is 23.7.